The van der Waals surface area contributed by atoms with E-state index < -0.39 is 0 Å². The van der Waals surface area contributed by atoms with E-state index in [1.165, 1.54) is 5.56 Å². The minimum Gasteiger partial charge on any atom is -0.494 e. The van der Waals surface area contributed by atoms with Crippen molar-refractivity contribution < 1.29 is 4.74 Å². The molecule has 1 heterocycles. The average Bonchev–Trinajstić information content (AvgIpc) is 2.48. The maximum atomic E-state index is 6.04. The van der Waals surface area contributed by atoms with E-state index in [0.29, 0.717) is 5.15 Å². The molecule has 2 rings (SSSR count). The summed E-state index contributed by atoms with van der Waals surface area (Å²) in [7, 11) is 0. The highest BCUT2D eigenvalue weighted by atomic mass is 35.5. The summed E-state index contributed by atoms with van der Waals surface area (Å²) in [5, 5.41) is 3.84. The van der Waals surface area contributed by atoms with Gasteiger partial charge in [-0.15, -0.1) is 0 Å². The third-order valence-electron chi connectivity index (χ3n) is 2.98. The van der Waals surface area contributed by atoms with E-state index in [0.717, 1.165) is 24.5 Å². The fourth-order valence-electron chi connectivity index (χ4n) is 1.88. The number of hydrogen-bond donors (Lipinski definition) is 1. The Bertz CT molecular complexity index is 542. The summed E-state index contributed by atoms with van der Waals surface area (Å²) in [5.74, 6) is 0.905. The molecule has 1 aromatic heterocycles. The standard InChI is InChI=1S/C16H19ClN2O/c1-3-11-20-14-8-6-13(7-9-14)12(2)19-15-5-4-10-18-16(15)17/h4-10,12,19H,3,11H2,1-2H3. The van der Waals surface area contributed by atoms with Crippen LogP contribution in [0.2, 0.25) is 5.15 Å². The van der Waals surface area contributed by atoms with E-state index in [1.807, 2.05) is 24.3 Å². The molecule has 0 spiro atoms. The minimum absolute atomic E-state index is 0.150. The van der Waals surface area contributed by atoms with Crippen LogP contribution in [0.5, 0.6) is 5.75 Å². The highest BCUT2D eigenvalue weighted by Crippen LogP contribution is 2.25. The highest BCUT2D eigenvalue weighted by Gasteiger charge is 2.08. The molecule has 0 saturated carbocycles. The Morgan fingerprint density at radius 3 is 2.65 bits per heavy atom. The van der Waals surface area contributed by atoms with Gasteiger partial charge in [0.05, 0.1) is 12.3 Å². The first-order valence-corrected chi connectivity index (χ1v) is 7.18. The highest BCUT2D eigenvalue weighted by molar-refractivity contribution is 6.31. The molecule has 1 atom stereocenters. The molecule has 0 amide bonds. The van der Waals surface area contributed by atoms with Crippen molar-refractivity contribution in [2.24, 2.45) is 0 Å². The van der Waals surface area contributed by atoms with Crippen molar-refractivity contribution >= 4 is 17.3 Å². The second-order valence-corrected chi connectivity index (χ2v) is 4.98. The first kappa shape index (κ1) is 14.7. The SMILES string of the molecule is CCCOc1ccc(C(C)Nc2cccnc2Cl)cc1. The molecule has 3 nitrogen and oxygen atoms in total. The Labute approximate surface area is 124 Å². The first-order valence-electron chi connectivity index (χ1n) is 6.80. The molecule has 1 unspecified atom stereocenters. The number of anilines is 1. The van der Waals surface area contributed by atoms with E-state index in [4.69, 9.17) is 16.3 Å². The summed E-state index contributed by atoms with van der Waals surface area (Å²) in [6, 6.07) is 12.0. The molecule has 0 radical (unpaired) electrons. The maximum absolute atomic E-state index is 6.04. The van der Waals surface area contributed by atoms with Crippen LogP contribution in [0.15, 0.2) is 42.6 Å². The Balaban J connectivity index is 2.02. The lowest BCUT2D eigenvalue weighted by molar-refractivity contribution is 0.317. The van der Waals surface area contributed by atoms with Crippen LogP contribution in [0.1, 0.15) is 31.9 Å². The van der Waals surface area contributed by atoms with Gasteiger partial charge in [-0.1, -0.05) is 30.7 Å². The summed E-state index contributed by atoms with van der Waals surface area (Å²) in [6.07, 6.45) is 2.69. The van der Waals surface area contributed by atoms with Gasteiger partial charge in [0.25, 0.3) is 0 Å². The molecule has 1 aromatic carbocycles. The summed E-state index contributed by atoms with van der Waals surface area (Å²) >= 11 is 6.04. The van der Waals surface area contributed by atoms with E-state index in [9.17, 15) is 0 Å². The van der Waals surface area contributed by atoms with Crippen molar-refractivity contribution in [3.63, 3.8) is 0 Å². The first-order chi connectivity index (χ1) is 9.70. The number of aromatic nitrogens is 1. The minimum atomic E-state index is 0.150. The molecular weight excluding hydrogens is 272 g/mol. The van der Waals surface area contributed by atoms with Crippen LogP contribution in [-0.2, 0) is 0 Å². The monoisotopic (exact) mass is 290 g/mol. The van der Waals surface area contributed by atoms with Gasteiger partial charge in [-0.25, -0.2) is 4.98 Å². The molecule has 4 heteroatoms. The lowest BCUT2D eigenvalue weighted by Crippen LogP contribution is -2.07. The molecule has 2 aromatic rings. The summed E-state index contributed by atoms with van der Waals surface area (Å²) in [6.45, 7) is 4.93. The van der Waals surface area contributed by atoms with Crippen LogP contribution >= 0.6 is 11.6 Å². The van der Waals surface area contributed by atoms with Gasteiger partial charge in [0.1, 0.15) is 5.75 Å². The number of nitrogens with one attached hydrogen (secondary N) is 1. The number of benzene rings is 1. The second-order valence-electron chi connectivity index (χ2n) is 4.63. The lowest BCUT2D eigenvalue weighted by Gasteiger charge is -2.16. The smallest absolute Gasteiger partial charge is 0.152 e. The van der Waals surface area contributed by atoms with Crippen molar-refractivity contribution in [3.8, 4) is 5.75 Å². The van der Waals surface area contributed by atoms with Crippen LogP contribution in [-0.4, -0.2) is 11.6 Å². The summed E-state index contributed by atoms with van der Waals surface area (Å²) in [4.78, 5) is 4.06. The van der Waals surface area contributed by atoms with E-state index in [2.05, 4.69) is 36.3 Å². The van der Waals surface area contributed by atoms with Crippen molar-refractivity contribution in [1.29, 1.82) is 0 Å². The van der Waals surface area contributed by atoms with Crippen molar-refractivity contribution in [2.75, 3.05) is 11.9 Å². The zero-order valence-corrected chi connectivity index (χ0v) is 12.5. The third-order valence-corrected chi connectivity index (χ3v) is 3.29. The van der Waals surface area contributed by atoms with Crippen LogP contribution in [0.3, 0.4) is 0 Å². The largest absolute Gasteiger partial charge is 0.494 e. The molecule has 20 heavy (non-hydrogen) atoms. The molecule has 0 bridgehead atoms. The predicted octanol–water partition coefficient (Wildman–Crippen LogP) is 4.70. The Hall–Kier alpha value is -1.74. The quantitative estimate of drug-likeness (QED) is 0.783. The molecule has 0 aliphatic heterocycles. The number of halogens is 1. The van der Waals surface area contributed by atoms with Crippen LogP contribution < -0.4 is 10.1 Å². The van der Waals surface area contributed by atoms with Crippen molar-refractivity contribution in [3.05, 3.63) is 53.3 Å². The zero-order valence-electron chi connectivity index (χ0n) is 11.8. The lowest BCUT2D eigenvalue weighted by atomic mass is 10.1. The summed E-state index contributed by atoms with van der Waals surface area (Å²) in [5.41, 5.74) is 2.02. The number of pyridine rings is 1. The van der Waals surface area contributed by atoms with Gasteiger partial charge < -0.3 is 10.1 Å². The topological polar surface area (TPSA) is 34.1 Å². The van der Waals surface area contributed by atoms with Gasteiger partial charge in [0.15, 0.2) is 5.15 Å². The molecular formula is C16H19ClN2O. The number of nitrogens with zero attached hydrogens (tertiary/aromatic N) is 1. The molecule has 106 valence electrons. The molecule has 0 fully saturated rings. The Morgan fingerprint density at radius 2 is 2.00 bits per heavy atom. The second kappa shape index (κ2) is 7.15. The van der Waals surface area contributed by atoms with Gasteiger partial charge in [-0.2, -0.15) is 0 Å². The van der Waals surface area contributed by atoms with E-state index >= 15 is 0 Å². The zero-order chi connectivity index (χ0) is 14.4. The normalized spacial score (nSPS) is 11.9. The average molecular weight is 291 g/mol. The maximum Gasteiger partial charge on any atom is 0.152 e. The Morgan fingerprint density at radius 1 is 1.25 bits per heavy atom. The van der Waals surface area contributed by atoms with Crippen molar-refractivity contribution in [2.45, 2.75) is 26.3 Å². The fourth-order valence-corrected chi connectivity index (χ4v) is 2.06. The van der Waals surface area contributed by atoms with Gasteiger partial charge in [-0.05, 0) is 43.2 Å². The predicted molar refractivity (Wildman–Crippen MR) is 83.5 cm³/mol. The Kier molecular flexibility index (Phi) is 5.24. The van der Waals surface area contributed by atoms with Gasteiger partial charge in [0.2, 0.25) is 0 Å². The van der Waals surface area contributed by atoms with E-state index in [1.54, 1.807) is 6.20 Å². The number of rotatable bonds is 6. The number of hydrogen-bond acceptors (Lipinski definition) is 3. The molecule has 1 N–H and O–H groups in total. The number of ether oxygens (including phenoxy) is 1. The van der Waals surface area contributed by atoms with Crippen LogP contribution in [0.25, 0.3) is 0 Å². The van der Waals surface area contributed by atoms with Crippen LogP contribution in [0.4, 0.5) is 5.69 Å². The summed E-state index contributed by atoms with van der Waals surface area (Å²) < 4.78 is 5.58. The van der Waals surface area contributed by atoms with Crippen molar-refractivity contribution in [1.82, 2.24) is 4.98 Å². The van der Waals surface area contributed by atoms with Gasteiger partial charge in [-0.3, -0.25) is 0 Å². The van der Waals surface area contributed by atoms with Gasteiger partial charge in [0, 0.05) is 12.2 Å². The molecule has 0 saturated heterocycles. The fraction of sp³-hybridized carbons (Fsp3) is 0.312. The molecule has 0 aliphatic carbocycles. The van der Waals surface area contributed by atoms with Gasteiger partial charge >= 0.3 is 0 Å². The van der Waals surface area contributed by atoms with E-state index in [-0.39, 0.29) is 6.04 Å². The molecule has 0 aliphatic rings. The third kappa shape index (κ3) is 3.87. The van der Waals surface area contributed by atoms with Crippen LogP contribution in [0, 0.1) is 0 Å².